The van der Waals surface area contributed by atoms with Crippen molar-refractivity contribution in [3.05, 3.63) is 40.3 Å². The molecule has 120 valence electrons. The third-order valence-corrected chi connectivity index (χ3v) is 11.8. The molecule has 0 aromatic heterocycles. The molecule has 0 amide bonds. The molecule has 1 aromatic carbocycles. The van der Waals surface area contributed by atoms with Crippen molar-refractivity contribution in [3.63, 3.8) is 0 Å². The number of fused-ring (bicyclic) bond motifs is 4. The topological polar surface area (TPSA) is 29.4 Å². The minimum atomic E-state index is -1.31. The molecule has 5 rings (SSSR count). The number of hydrogen-bond donors (Lipinski definition) is 0. The maximum Gasteiger partial charge on any atom is 0.517 e. The summed E-state index contributed by atoms with van der Waals surface area (Å²) in [7, 11) is 0. The van der Waals surface area contributed by atoms with E-state index in [-0.39, 0.29) is 0 Å². The van der Waals surface area contributed by atoms with E-state index in [0.29, 0.717) is 4.28 Å². The molecule has 23 heavy (non-hydrogen) atoms. The van der Waals surface area contributed by atoms with Gasteiger partial charge < -0.3 is 0 Å². The number of rotatable bonds is 3. The molecule has 3 aliphatic carbocycles. The van der Waals surface area contributed by atoms with Crippen molar-refractivity contribution >= 4 is 14.4 Å². The molecule has 1 heterocycles. The van der Waals surface area contributed by atoms with Crippen molar-refractivity contribution < 1.29 is 0 Å². The van der Waals surface area contributed by atoms with E-state index in [1.165, 1.54) is 44.9 Å². The average molecular weight is 323 g/mol. The van der Waals surface area contributed by atoms with Gasteiger partial charge in [-0.2, -0.15) is 4.91 Å². The summed E-state index contributed by atoms with van der Waals surface area (Å²) in [5.74, 6) is 3.31. The summed E-state index contributed by atoms with van der Waals surface area (Å²) >= 11 is -1.31. The van der Waals surface area contributed by atoms with Gasteiger partial charge >= 0.3 is 14.4 Å². The molecule has 0 radical (unpaired) electrons. The standard InChI is InChI=1S/C20H26.Al.NO/c1-2-6-16-13-15-7-3-4-9-17(15)19-12-11-14-8-5-10-18(14)20(16)19;;1-2/h3-4,7-9,16,18-20H,2,5-6,10-13H2,1H3;;/q;+1;-1. The third kappa shape index (κ3) is 1.82. The Kier molecular flexibility index (Phi) is 3.30. The van der Waals surface area contributed by atoms with Gasteiger partial charge in [-0.1, -0.05) is 68.1 Å². The lowest BCUT2D eigenvalue weighted by Crippen LogP contribution is -2.41. The van der Waals surface area contributed by atoms with Gasteiger partial charge in [0.25, 0.3) is 0 Å². The molecule has 2 saturated carbocycles. The van der Waals surface area contributed by atoms with E-state index in [9.17, 15) is 4.91 Å². The van der Waals surface area contributed by atoms with E-state index in [4.69, 9.17) is 0 Å². The zero-order chi connectivity index (χ0) is 15.6. The highest BCUT2D eigenvalue weighted by Crippen LogP contribution is 2.83. The third-order valence-electron chi connectivity index (χ3n) is 8.06. The van der Waals surface area contributed by atoms with Gasteiger partial charge in [-0.05, 0) is 51.9 Å². The van der Waals surface area contributed by atoms with Gasteiger partial charge in [0.2, 0.25) is 0 Å². The molecule has 2 nitrogen and oxygen atoms in total. The highest BCUT2D eigenvalue weighted by atomic mass is 27.2. The van der Waals surface area contributed by atoms with Crippen LogP contribution in [0.4, 0.5) is 0 Å². The van der Waals surface area contributed by atoms with Crippen molar-refractivity contribution in [2.24, 2.45) is 21.9 Å². The van der Waals surface area contributed by atoms with Gasteiger partial charge in [0.1, 0.15) is 0 Å². The minimum absolute atomic E-state index is 0.473. The lowest BCUT2D eigenvalue weighted by Gasteiger charge is -2.50. The molecule has 0 N–H and O–H groups in total. The van der Waals surface area contributed by atoms with E-state index >= 15 is 0 Å². The van der Waals surface area contributed by atoms with E-state index in [2.05, 4.69) is 35.3 Å². The normalized spacial score (nSPS) is 43.2. The molecule has 3 fully saturated rings. The lowest BCUT2D eigenvalue weighted by atomic mass is 9.56. The van der Waals surface area contributed by atoms with Crippen LogP contribution in [0.25, 0.3) is 0 Å². The van der Waals surface area contributed by atoms with Crippen LogP contribution in [0, 0.1) is 22.7 Å². The Balaban J connectivity index is 1.56. The molecule has 1 aliphatic heterocycles. The van der Waals surface area contributed by atoms with Crippen LogP contribution in [0.3, 0.4) is 0 Å². The van der Waals surface area contributed by atoms with Crippen LogP contribution in [0.1, 0.15) is 62.5 Å². The van der Waals surface area contributed by atoms with Crippen molar-refractivity contribution in [1.82, 2.24) is 0 Å². The SMILES string of the molecule is CCCC1Cc2ccccc2C2CC[C]34C(CC[CH]3[Al]4[N]=O)C12. The summed E-state index contributed by atoms with van der Waals surface area (Å²) in [6.45, 7) is 2.34. The molecule has 4 aliphatic rings. The van der Waals surface area contributed by atoms with Crippen molar-refractivity contribution in [2.75, 3.05) is 0 Å². The second-order valence-electron chi connectivity index (χ2n) is 8.63. The van der Waals surface area contributed by atoms with Crippen LogP contribution in [-0.4, -0.2) is 14.4 Å². The molecular formula is C20H26AlNO. The first-order valence-electron chi connectivity index (χ1n) is 9.71. The lowest BCUT2D eigenvalue weighted by molar-refractivity contribution is 0.0996. The summed E-state index contributed by atoms with van der Waals surface area (Å²) in [6, 6.07) is 9.23. The van der Waals surface area contributed by atoms with Gasteiger partial charge in [-0.15, -0.1) is 0 Å². The van der Waals surface area contributed by atoms with Gasteiger partial charge in [-0.25, -0.2) is 4.16 Å². The molecule has 1 saturated heterocycles. The highest BCUT2D eigenvalue weighted by molar-refractivity contribution is 6.75. The largest absolute Gasteiger partial charge is 0.517 e. The van der Waals surface area contributed by atoms with Crippen LogP contribution < -0.4 is 0 Å². The molecule has 1 spiro atoms. The Morgan fingerprint density at radius 2 is 2.13 bits per heavy atom. The summed E-state index contributed by atoms with van der Waals surface area (Å²) in [5, 5.41) is 0. The van der Waals surface area contributed by atoms with Crippen LogP contribution in [0.2, 0.25) is 9.06 Å². The van der Waals surface area contributed by atoms with Crippen molar-refractivity contribution in [3.8, 4) is 0 Å². The maximum absolute atomic E-state index is 11.4. The number of nitrogens with zero attached hydrogens (tertiary/aromatic N) is 1. The Bertz CT molecular complexity index is 646. The first-order valence-corrected chi connectivity index (χ1v) is 11.5. The first-order chi connectivity index (χ1) is 11.3. The summed E-state index contributed by atoms with van der Waals surface area (Å²) in [5.41, 5.74) is 3.27. The van der Waals surface area contributed by atoms with Crippen LogP contribution in [0.15, 0.2) is 28.4 Å². The Morgan fingerprint density at radius 1 is 1.26 bits per heavy atom. The quantitative estimate of drug-likeness (QED) is 0.537. The highest BCUT2D eigenvalue weighted by Gasteiger charge is 2.80. The zero-order valence-electron chi connectivity index (χ0n) is 14.1. The average Bonchev–Trinajstić information content (AvgIpc) is 3.02. The van der Waals surface area contributed by atoms with Gasteiger partial charge in [0, 0.05) is 0 Å². The Hall–Kier alpha value is -0.648. The van der Waals surface area contributed by atoms with Gasteiger partial charge in [-0.3, -0.25) is 0 Å². The summed E-state index contributed by atoms with van der Waals surface area (Å²) in [4.78, 5) is 11.4. The number of nitroso groups, excluding NO2 is 1. The van der Waals surface area contributed by atoms with Crippen LogP contribution in [-0.2, 0) is 6.42 Å². The maximum atomic E-state index is 11.4. The van der Waals surface area contributed by atoms with E-state index in [1.54, 1.807) is 11.1 Å². The zero-order valence-corrected chi connectivity index (χ0v) is 15.2. The predicted molar refractivity (Wildman–Crippen MR) is 94.7 cm³/mol. The summed E-state index contributed by atoms with van der Waals surface area (Å²) < 4.78 is 4.96. The van der Waals surface area contributed by atoms with Crippen LogP contribution in [0.5, 0.6) is 0 Å². The second kappa shape index (κ2) is 5.17. The van der Waals surface area contributed by atoms with E-state index < -0.39 is 14.4 Å². The van der Waals surface area contributed by atoms with Crippen LogP contribution >= 0.6 is 0 Å². The molecule has 6 atom stereocenters. The minimum Gasteiger partial charge on any atom is -0.211 e. The second-order valence-corrected chi connectivity index (χ2v) is 11.6. The monoisotopic (exact) mass is 323 g/mol. The molecule has 0 bridgehead atoms. The Labute approximate surface area is 143 Å². The fourth-order valence-electron chi connectivity index (χ4n) is 7.37. The molecule has 3 heteroatoms. The first kappa shape index (κ1) is 14.7. The van der Waals surface area contributed by atoms with Gasteiger partial charge in [0.15, 0.2) is 0 Å². The van der Waals surface area contributed by atoms with Crippen molar-refractivity contribution in [1.29, 1.82) is 0 Å². The van der Waals surface area contributed by atoms with E-state index in [0.717, 1.165) is 28.5 Å². The fraction of sp³-hybridized carbons (Fsp3) is 0.700. The Morgan fingerprint density at radius 3 is 2.91 bits per heavy atom. The molecular weight excluding hydrogens is 297 g/mol. The smallest absolute Gasteiger partial charge is 0.211 e. The summed E-state index contributed by atoms with van der Waals surface area (Å²) in [6.07, 6.45) is 9.32. The number of hydrogen-bond acceptors (Lipinski definition) is 2. The predicted octanol–water partition coefficient (Wildman–Crippen LogP) is 5.44. The fourth-order valence-corrected chi connectivity index (χ4v) is 11.4. The number of benzene rings is 1. The van der Waals surface area contributed by atoms with Crippen molar-refractivity contribution in [2.45, 2.75) is 66.8 Å². The molecule has 6 unspecified atom stereocenters. The van der Waals surface area contributed by atoms with E-state index in [1.807, 2.05) is 0 Å². The van der Waals surface area contributed by atoms with Gasteiger partial charge in [0.05, 0.1) is 0 Å². The molecule has 1 aromatic rings.